The van der Waals surface area contributed by atoms with Crippen LogP contribution < -0.4 is 10.6 Å². The van der Waals surface area contributed by atoms with Gasteiger partial charge in [0.15, 0.2) is 0 Å². The number of hydrogen-bond donors (Lipinski definition) is 2. The van der Waals surface area contributed by atoms with Gasteiger partial charge in [0.25, 0.3) is 0 Å². The van der Waals surface area contributed by atoms with Crippen molar-refractivity contribution in [3.63, 3.8) is 0 Å². The molecular formula is C15H27N3O3. The third-order valence-electron chi connectivity index (χ3n) is 3.22. The van der Waals surface area contributed by atoms with Gasteiger partial charge in [-0.2, -0.15) is 0 Å². The second-order valence-electron chi connectivity index (χ2n) is 6.29. The molecule has 6 heteroatoms. The Balaban J connectivity index is 2.24. The zero-order chi connectivity index (χ0) is 15.9. The van der Waals surface area contributed by atoms with Crippen LogP contribution in [0, 0.1) is 5.92 Å². The van der Waals surface area contributed by atoms with E-state index in [0.29, 0.717) is 32.1 Å². The van der Waals surface area contributed by atoms with E-state index in [-0.39, 0.29) is 12.1 Å². The van der Waals surface area contributed by atoms with Crippen LogP contribution >= 0.6 is 0 Å². The van der Waals surface area contributed by atoms with Crippen LogP contribution in [0.25, 0.3) is 0 Å². The predicted molar refractivity (Wildman–Crippen MR) is 82.1 cm³/mol. The lowest BCUT2D eigenvalue weighted by atomic mass is 9.97. The smallest absolute Gasteiger partial charge is 0.410 e. The molecule has 6 nitrogen and oxygen atoms in total. The minimum absolute atomic E-state index is 0.176. The Hall–Kier alpha value is -1.72. The fourth-order valence-electron chi connectivity index (χ4n) is 2.11. The Morgan fingerprint density at radius 2 is 1.90 bits per heavy atom. The summed E-state index contributed by atoms with van der Waals surface area (Å²) in [6.07, 6.45) is 3.14. The van der Waals surface area contributed by atoms with Crippen LogP contribution in [0.3, 0.4) is 0 Å². The van der Waals surface area contributed by atoms with E-state index < -0.39 is 5.60 Å². The van der Waals surface area contributed by atoms with Crippen LogP contribution in [0.1, 0.15) is 33.6 Å². The summed E-state index contributed by atoms with van der Waals surface area (Å²) >= 11 is 0. The van der Waals surface area contributed by atoms with Crippen LogP contribution in [0.2, 0.25) is 0 Å². The van der Waals surface area contributed by atoms with E-state index in [9.17, 15) is 9.59 Å². The summed E-state index contributed by atoms with van der Waals surface area (Å²) in [7, 11) is 0. The zero-order valence-electron chi connectivity index (χ0n) is 13.3. The molecule has 1 rings (SSSR count). The zero-order valence-corrected chi connectivity index (χ0v) is 13.3. The molecule has 1 saturated heterocycles. The standard InChI is InChI=1S/C15H27N3O3/c1-5-8-16-13(19)17-11-12-6-9-18(10-7-12)14(20)21-15(2,3)4/h5,12H,1,6-11H2,2-4H3,(H2,16,17,19). The van der Waals surface area contributed by atoms with Gasteiger partial charge in [-0.3, -0.25) is 0 Å². The van der Waals surface area contributed by atoms with E-state index in [1.807, 2.05) is 20.8 Å². The van der Waals surface area contributed by atoms with E-state index in [2.05, 4.69) is 17.2 Å². The minimum Gasteiger partial charge on any atom is -0.444 e. The first kappa shape index (κ1) is 17.3. The van der Waals surface area contributed by atoms with Crippen LogP contribution in [-0.4, -0.2) is 48.8 Å². The molecule has 0 aromatic heterocycles. The molecule has 0 bridgehead atoms. The largest absolute Gasteiger partial charge is 0.444 e. The molecule has 1 aliphatic heterocycles. The van der Waals surface area contributed by atoms with Gasteiger partial charge in [-0.15, -0.1) is 6.58 Å². The maximum Gasteiger partial charge on any atom is 0.410 e. The molecule has 1 heterocycles. The second-order valence-corrected chi connectivity index (χ2v) is 6.29. The van der Waals surface area contributed by atoms with E-state index in [1.165, 1.54) is 0 Å². The topological polar surface area (TPSA) is 70.7 Å². The van der Waals surface area contributed by atoms with Crippen LogP contribution in [-0.2, 0) is 4.74 Å². The van der Waals surface area contributed by atoms with Crippen molar-refractivity contribution in [3.8, 4) is 0 Å². The molecule has 0 atom stereocenters. The van der Waals surface area contributed by atoms with Gasteiger partial charge in [-0.25, -0.2) is 9.59 Å². The predicted octanol–water partition coefficient (Wildman–Crippen LogP) is 2.12. The molecule has 0 spiro atoms. The van der Waals surface area contributed by atoms with Gasteiger partial charge in [-0.1, -0.05) is 6.08 Å². The number of hydrogen-bond acceptors (Lipinski definition) is 3. The molecule has 0 aromatic carbocycles. The first-order valence-electron chi connectivity index (χ1n) is 7.42. The molecule has 2 N–H and O–H groups in total. The van der Waals surface area contributed by atoms with E-state index in [4.69, 9.17) is 4.74 Å². The maximum atomic E-state index is 11.9. The summed E-state index contributed by atoms with van der Waals surface area (Å²) in [6, 6.07) is -0.176. The fraction of sp³-hybridized carbons (Fsp3) is 0.733. The number of amides is 3. The van der Waals surface area contributed by atoms with Gasteiger partial charge in [0.2, 0.25) is 0 Å². The van der Waals surface area contributed by atoms with E-state index >= 15 is 0 Å². The highest BCUT2D eigenvalue weighted by Gasteiger charge is 2.26. The number of likely N-dealkylation sites (tertiary alicyclic amines) is 1. The molecule has 0 radical (unpaired) electrons. The number of ether oxygens (including phenoxy) is 1. The van der Waals surface area contributed by atoms with Crippen molar-refractivity contribution in [1.29, 1.82) is 0 Å². The molecule has 0 aliphatic carbocycles. The van der Waals surface area contributed by atoms with Crippen LogP contribution in [0.5, 0.6) is 0 Å². The van der Waals surface area contributed by atoms with Gasteiger partial charge in [0, 0.05) is 26.2 Å². The molecular weight excluding hydrogens is 270 g/mol. The Labute approximate surface area is 126 Å². The summed E-state index contributed by atoms with van der Waals surface area (Å²) in [5.74, 6) is 0.401. The van der Waals surface area contributed by atoms with Gasteiger partial charge in [0.1, 0.15) is 5.60 Å². The van der Waals surface area contributed by atoms with E-state index in [1.54, 1.807) is 11.0 Å². The Bertz CT molecular complexity index is 369. The van der Waals surface area contributed by atoms with Gasteiger partial charge >= 0.3 is 12.1 Å². The van der Waals surface area contributed by atoms with Crippen molar-refractivity contribution >= 4 is 12.1 Å². The molecule has 1 fully saturated rings. The lowest BCUT2D eigenvalue weighted by molar-refractivity contribution is 0.0184. The van der Waals surface area contributed by atoms with Gasteiger partial charge < -0.3 is 20.3 Å². The van der Waals surface area contributed by atoms with Crippen LogP contribution in [0.15, 0.2) is 12.7 Å². The van der Waals surface area contributed by atoms with Crippen molar-refractivity contribution in [1.82, 2.24) is 15.5 Å². The quantitative estimate of drug-likeness (QED) is 0.781. The number of carbonyl (C=O) groups is 2. The summed E-state index contributed by atoms with van der Waals surface area (Å²) in [5, 5.41) is 5.51. The number of nitrogens with one attached hydrogen (secondary N) is 2. The molecule has 0 saturated carbocycles. The maximum absolute atomic E-state index is 11.9. The van der Waals surface area contributed by atoms with Crippen molar-refractivity contribution in [3.05, 3.63) is 12.7 Å². The summed E-state index contributed by atoms with van der Waals surface area (Å²) < 4.78 is 5.35. The average Bonchev–Trinajstić information content (AvgIpc) is 2.41. The number of carbonyl (C=O) groups excluding carboxylic acids is 2. The molecule has 1 aliphatic rings. The second kappa shape index (κ2) is 7.90. The first-order valence-corrected chi connectivity index (χ1v) is 7.42. The van der Waals surface area contributed by atoms with Crippen molar-refractivity contribution in [2.45, 2.75) is 39.2 Å². The van der Waals surface area contributed by atoms with Crippen molar-refractivity contribution in [2.75, 3.05) is 26.2 Å². The number of rotatable bonds is 4. The highest BCUT2D eigenvalue weighted by molar-refractivity contribution is 5.73. The van der Waals surface area contributed by atoms with E-state index in [0.717, 1.165) is 12.8 Å². The van der Waals surface area contributed by atoms with Crippen molar-refractivity contribution in [2.24, 2.45) is 5.92 Å². The number of piperidine rings is 1. The first-order chi connectivity index (χ1) is 9.81. The SMILES string of the molecule is C=CCNC(=O)NCC1CCN(C(=O)OC(C)(C)C)CC1. The number of nitrogens with zero attached hydrogens (tertiary/aromatic N) is 1. The molecule has 21 heavy (non-hydrogen) atoms. The lowest BCUT2D eigenvalue weighted by Crippen LogP contribution is -2.45. The molecule has 120 valence electrons. The summed E-state index contributed by atoms with van der Waals surface area (Å²) in [6.45, 7) is 11.6. The fourth-order valence-corrected chi connectivity index (χ4v) is 2.11. The third-order valence-corrected chi connectivity index (χ3v) is 3.22. The third kappa shape index (κ3) is 7.02. The van der Waals surface area contributed by atoms with Crippen LogP contribution in [0.4, 0.5) is 9.59 Å². The highest BCUT2D eigenvalue weighted by atomic mass is 16.6. The summed E-state index contributed by atoms with van der Waals surface area (Å²) in [4.78, 5) is 25.1. The van der Waals surface area contributed by atoms with Gasteiger partial charge in [-0.05, 0) is 39.5 Å². The molecule has 0 unspecified atom stereocenters. The average molecular weight is 297 g/mol. The Morgan fingerprint density at radius 1 is 1.29 bits per heavy atom. The van der Waals surface area contributed by atoms with Gasteiger partial charge in [0.05, 0.1) is 0 Å². The monoisotopic (exact) mass is 297 g/mol. The Morgan fingerprint density at radius 3 is 2.43 bits per heavy atom. The van der Waals surface area contributed by atoms with Crippen molar-refractivity contribution < 1.29 is 14.3 Å². The molecule has 3 amide bonds. The molecule has 0 aromatic rings. The summed E-state index contributed by atoms with van der Waals surface area (Å²) in [5.41, 5.74) is -0.460. The minimum atomic E-state index is -0.460. The highest BCUT2D eigenvalue weighted by Crippen LogP contribution is 2.19. The normalized spacial score (nSPS) is 16.2. The lowest BCUT2D eigenvalue weighted by Gasteiger charge is -2.33. The Kier molecular flexibility index (Phi) is 6.52. The number of urea groups is 1.